The largest absolute Gasteiger partial charge is 0.519 e. The third-order valence-electron chi connectivity index (χ3n) is 15.6. The molecule has 5 aliphatic rings. The normalized spacial score (nSPS) is 43.9. The Labute approximate surface area is 295 Å². The van der Waals surface area contributed by atoms with Crippen molar-refractivity contribution in [3.05, 3.63) is 33.8 Å². The first-order valence-corrected chi connectivity index (χ1v) is 18.5. The number of hydrogen-bond donors (Lipinski definition) is 1. The second-order valence-corrected chi connectivity index (χ2v) is 18.6. The second kappa shape index (κ2) is 11.4. The molecule has 4 saturated carbocycles. The van der Waals surface area contributed by atoms with E-state index in [1.165, 1.54) is 6.92 Å². The van der Waals surface area contributed by atoms with Gasteiger partial charge in [0, 0.05) is 18.8 Å². The smallest absolute Gasteiger partial charge is 0.481 e. The van der Waals surface area contributed by atoms with Crippen molar-refractivity contribution in [2.45, 2.75) is 145 Å². The van der Waals surface area contributed by atoms with E-state index < -0.39 is 56.9 Å². The van der Waals surface area contributed by atoms with Crippen LogP contribution in [0.4, 0.5) is 0 Å². The van der Waals surface area contributed by atoms with E-state index in [4.69, 9.17) is 18.3 Å². The van der Waals surface area contributed by atoms with E-state index in [1.807, 2.05) is 33.8 Å². The van der Waals surface area contributed by atoms with Crippen LogP contribution in [0.1, 0.15) is 144 Å². The number of carboxylic acids is 1. The Balaban J connectivity index is 1.41. The molecule has 10 nitrogen and oxygen atoms in total. The van der Waals surface area contributed by atoms with Crippen molar-refractivity contribution in [2.75, 3.05) is 0 Å². The number of fused-ring (bicyclic) bond motifs is 7. The highest BCUT2D eigenvalue weighted by molar-refractivity contribution is 5.96. The van der Waals surface area contributed by atoms with Crippen molar-refractivity contribution in [2.24, 2.45) is 50.2 Å². The minimum atomic E-state index is -1.34. The maximum absolute atomic E-state index is 14.9. The van der Waals surface area contributed by atoms with Gasteiger partial charge in [-0.25, -0.2) is 4.79 Å². The van der Waals surface area contributed by atoms with Crippen molar-refractivity contribution >= 4 is 23.7 Å². The van der Waals surface area contributed by atoms with E-state index >= 15 is 0 Å². The first-order valence-electron chi connectivity index (χ1n) is 18.5. The molecular weight excluding hydrogens is 640 g/mol. The van der Waals surface area contributed by atoms with Gasteiger partial charge < -0.3 is 23.4 Å². The summed E-state index contributed by atoms with van der Waals surface area (Å²) in [6, 6.07) is 0. The molecule has 10 heteroatoms. The van der Waals surface area contributed by atoms with Crippen LogP contribution in [0.3, 0.4) is 0 Å². The fourth-order valence-corrected chi connectivity index (χ4v) is 12.1. The van der Waals surface area contributed by atoms with Gasteiger partial charge in [0.1, 0.15) is 11.0 Å². The average Bonchev–Trinajstić information content (AvgIpc) is 3.40. The quantitative estimate of drug-likeness (QED) is 0.292. The summed E-state index contributed by atoms with van der Waals surface area (Å²) in [6.07, 6.45) is 7.94. The highest BCUT2D eigenvalue weighted by Gasteiger charge is 2.74. The first kappa shape index (κ1) is 36.6. The number of hydrogen-bond acceptors (Lipinski definition) is 9. The summed E-state index contributed by atoms with van der Waals surface area (Å²) in [7, 11) is 0. The summed E-state index contributed by atoms with van der Waals surface area (Å²) >= 11 is 0. The second-order valence-electron chi connectivity index (χ2n) is 18.6. The number of aliphatic carboxylic acids is 1. The molecule has 1 aromatic rings. The van der Waals surface area contributed by atoms with Gasteiger partial charge in [0.15, 0.2) is 23.9 Å². The molecule has 50 heavy (non-hydrogen) atoms. The molecule has 1 N–H and O–H groups in total. The lowest BCUT2D eigenvalue weighted by molar-refractivity contribution is -0.246. The number of ether oxygens (including phenoxy) is 2. The van der Waals surface area contributed by atoms with Crippen molar-refractivity contribution in [3.63, 3.8) is 0 Å². The Morgan fingerprint density at radius 3 is 2.20 bits per heavy atom. The van der Waals surface area contributed by atoms with Crippen LogP contribution in [0, 0.1) is 50.2 Å². The van der Waals surface area contributed by atoms with Crippen molar-refractivity contribution in [1.29, 1.82) is 0 Å². The lowest BCUT2D eigenvalue weighted by Crippen LogP contribution is -2.70. The van der Waals surface area contributed by atoms with E-state index in [9.17, 15) is 29.1 Å². The van der Waals surface area contributed by atoms with Crippen LogP contribution >= 0.6 is 0 Å². The summed E-state index contributed by atoms with van der Waals surface area (Å²) < 4.78 is 22.5. The Hall–Kier alpha value is -3.17. The van der Waals surface area contributed by atoms with Gasteiger partial charge in [-0.1, -0.05) is 47.1 Å². The van der Waals surface area contributed by atoms with Crippen LogP contribution < -0.4 is 5.82 Å². The van der Waals surface area contributed by atoms with Gasteiger partial charge in [-0.05, 0) is 118 Å². The Morgan fingerprint density at radius 2 is 1.58 bits per heavy atom. The molecule has 0 spiro atoms. The summed E-state index contributed by atoms with van der Waals surface area (Å²) in [4.78, 5) is 66.5. The molecule has 10 atom stereocenters. The molecule has 0 aromatic carbocycles. The van der Waals surface area contributed by atoms with Crippen LogP contribution in [-0.4, -0.2) is 34.4 Å². The fourth-order valence-electron chi connectivity index (χ4n) is 12.1. The molecule has 1 heterocycles. The van der Waals surface area contributed by atoms with Gasteiger partial charge >= 0.3 is 23.7 Å². The summed E-state index contributed by atoms with van der Waals surface area (Å²) in [5, 5.41) is 10.2. The van der Waals surface area contributed by atoms with Gasteiger partial charge in [0.25, 0.3) is 0 Å². The number of rotatable bonds is 6. The average molecular weight is 697 g/mol. The molecule has 0 amide bonds. The highest BCUT2D eigenvalue weighted by atomic mass is 16.6. The molecule has 6 rings (SSSR count). The molecule has 5 aliphatic carbocycles. The predicted molar refractivity (Wildman–Crippen MR) is 183 cm³/mol. The third kappa shape index (κ3) is 4.88. The van der Waals surface area contributed by atoms with Crippen molar-refractivity contribution < 1.29 is 42.6 Å². The molecule has 276 valence electrons. The molecule has 0 unspecified atom stereocenters. The van der Waals surface area contributed by atoms with Crippen LogP contribution in [0.15, 0.2) is 25.3 Å². The number of allylic oxidation sites excluding steroid dienone is 2. The number of carbonyl (C=O) groups excluding carboxylic acids is 3. The zero-order chi connectivity index (χ0) is 37.0. The monoisotopic (exact) mass is 696 g/mol. The van der Waals surface area contributed by atoms with E-state index in [0.29, 0.717) is 44.3 Å². The van der Waals surface area contributed by atoms with E-state index in [2.05, 4.69) is 27.7 Å². The van der Waals surface area contributed by atoms with E-state index in [0.717, 1.165) is 24.8 Å². The first-order chi connectivity index (χ1) is 23.0. The summed E-state index contributed by atoms with van der Waals surface area (Å²) in [6.45, 7) is 19.2. The molecular formula is C40H56O10. The molecule has 0 radical (unpaired) electrons. The Morgan fingerprint density at radius 1 is 0.920 bits per heavy atom. The van der Waals surface area contributed by atoms with Crippen LogP contribution in [0.2, 0.25) is 0 Å². The Bertz CT molecular complexity index is 1720. The standard InChI is InChI=1S/C40H56O10/c1-22(2)29-27(48-33(46)49-29)21-47-32(45)40(10)28-11-12-38(8)30(36(28,6)16-18-39(40,9)50-23(3)41)26(42)19-24-25-20-35(5,31(43)44)14-13-34(25,4)15-17-37(24,38)7/h19,22,25,28,30H,11-18,20-21H2,1-10H3,(H,43,44)/t25-,28+,30+,34+,35-,36-,37+,38+,39+,40+/m0/s1. The molecule has 1 aromatic heterocycles. The van der Waals surface area contributed by atoms with E-state index in [1.54, 1.807) is 6.92 Å². The number of esters is 2. The summed E-state index contributed by atoms with van der Waals surface area (Å²) in [5.41, 5.74) is -3.75. The minimum absolute atomic E-state index is 0.000847. The van der Waals surface area contributed by atoms with Gasteiger partial charge in [-0.3, -0.25) is 19.2 Å². The lowest BCUT2D eigenvalue weighted by Gasteiger charge is -2.71. The molecule has 4 fully saturated rings. The van der Waals surface area contributed by atoms with Gasteiger partial charge in [0.2, 0.25) is 0 Å². The highest BCUT2D eigenvalue weighted by Crippen LogP contribution is 2.76. The van der Waals surface area contributed by atoms with Gasteiger partial charge in [-0.2, -0.15) is 0 Å². The fraction of sp³-hybridized carbons (Fsp3) is 0.775. The lowest BCUT2D eigenvalue weighted by atomic mass is 9.32. The predicted octanol–water partition coefficient (Wildman–Crippen LogP) is 7.77. The number of ketones is 1. The van der Waals surface area contributed by atoms with Gasteiger partial charge in [0.05, 0.1) is 5.41 Å². The molecule has 0 bridgehead atoms. The Kier molecular flexibility index (Phi) is 8.36. The minimum Gasteiger partial charge on any atom is -0.481 e. The van der Waals surface area contributed by atoms with Crippen molar-refractivity contribution in [3.8, 4) is 0 Å². The van der Waals surface area contributed by atoms with E-state index in [-0.39, 0.29) is 46.7 Å². The number of carboxylic acid groups (broad SMARTS) is 1. The molecule has 0 aliphatic heterocycles. The van der Waals surface area contributed by atoms with Crippen LogP contribution in [-0.2, 0) is 35.3 Å². The number of carbonyl (C=O) groups is 4. The maximum atomic E-state index is 14.9. The SMILES string of the molecule is CC(=O)O[C@]1(C)CC[C@@]2(C)[C@@H](CC[C@]3(C)[C@@H]2C(=O)C=C2[C@@H]4C[C@@](C)(C(=O)O)CC[C@]4(C)CC[C@]23C)[C@]1(C)C(=O)OCc1oc(=O)oc1C(C)C. The van der Waals surface area contributed by atoms with Crippen LogP contribution in [0.5, 0.6) is 0 Å². The zero-order valence-corrected chi connectivity index (χ0v) is 31.6. The summed E-state index contributed by atoms with van der Waals surface area (Å²) in [5.74, 6) is -3.17. The van der Waals surface area contributed by atoms with Crippen LogP contribution in [0.25, 0.3) is 0 Å². The third-order valence-corrected chi connectivity index (χ3v) is 15.6. The van der Waals surface area contributed by atoms with Gasteiger partial charge in [-0.15, -0.1) is 0 Å². The zero-order valence-electron chi connectivity index (χ0n) is 31.6. The topological polar surface area (TPSA) is 150 Å². The molecule has 0 saturated heterocycles. The maximum Gasteiger partial charge on any atom is 0.519 e. The van der Waals surface area contributed by atoms with Crippen molar-refractivity contribution in [1.82, 2.24) is 0 Å².